The van der Waals surface area contributed by atoms with Crippen LogP contribution in [0.4, 0.5) is 5.13 Å². The Kier molecular flexibility index (Phi) is 2.92. The molecule has 0 unspecified atom stereocenters. The Labute approximate surface area is 104 Å². The second kappa shape index (κ2) is 3.85. The lowest BCUT2D eigenvalue weighted by Crippen LogP contribution is -2.21. The first kappa shape index (κ1) is 12.1. The van der Waals surface area contributed by atoms with Gasteiger partial charge in [-0.15, -0.1) is 11.3 Å². The van der Waals surface area contributed by atoms with Crippen LogP contribution < -0.4 is 4.90 Å². The second-order valence-corrected chi connectivity index (χ2v) is 8.11. The Morgan fingerprint density at radius 2 is 2.19 bits per heavy atom. The van der Waals surface area contributed by atoms with Gasteiger partial charge in [0, 0.05) is 36.6 Å². The minimum absolute atomic E-state index is 0.434. The number of thiazole rings is 1. The summed E-state index contributed by atoms with van der Waals surface area (Å²) in [5.41, 5.74) is 0.815. The van der Waals surface area contributed by atoms with E-state index in [4.69, 9.17) is 10.7 Å². The molecule has 1 aromatic heterocycles. The highest BCUT2D eigenvalue weighted by atomic mass is 35.7. The van der Waals surface area contributed by atoms with Crippen molar-refractivity contribution in [3.8, 4) is 0 Å². The summed E-state index contributed by atoms with van der Waals surface area (Å²) in [6.07, 6.45) is 1.73. The predicted octanol–water partition coefficient (Wildman–Crippen LogP) is 1.85. The monoisotopic (exact) mass is 280 g/mol. The molecule has 16 heavy (non-hydrogen) atoms. The highest BCUT2D eigenvalue weighted by molar-refractivity contribution is 8.15. The number of hydrogen-bond donors (Lipinski definition) is 0. The van der Waals surface area contributed by atoms with Crippen LogP contribution in [-0.2, 0) is 15.5 Å². The van der Waals surface area contributed by atoms with Crippen molar-refractivity contribution < 1.29 is 8.42 Å². The minimum atomic E-state index is -3.48. The maximum atomic E-state index is 11.4. The zero-order valence-electron chi connectivity index (χ0n) is 9.10. The Bertz CT molecular complexity index is 491. The number of nitrogens with zero attached hydrogens (tertiary/aromatic N) is 2. The molecule has 0 aromatic carbocycles. The molecule has 2 rings (SSSR count). The van der Waals surface area contributed by atoms with Crippen molar-refractivity contribution in [2.45, 2.75) is 24.0 Å². The van der Waals surface area contributed by atoms with Gasteiger partial charge in [-0.1, -0.05) is 0 Å². The van der Waals surface area contributed by atoms with Crippen molar-refractivity contribution in [2.24, 2.45) is 0 Å². The molecular formula is C9H13ClN2O2S2. The predicted molar refractivity (Wildman–Crippen MR) is 66.9 cm³/mol. The molecule has 1 fully saturated rings. The third-order valence-electron chi connectivity index (χ3n) is 2.75. The van der Waals surface area contributed by atoms with Crippen LogP contribution in [0.25, 0.3) is 0 Å². The maximum absolute atomic E-state index is 11.4. The van der Waals surface area contributed by atoms with Gasteiger partial charge in [0.1, 0.15) is 0 Å². The molecule has 1 aliphatic rings. The molecule has 0 atom stereocenters. The standard InChI is InChI=1S/C9H13ClN2O2S2/c1-12(2)8-11-7(6-15-8)5-9(3-4-9)16(10,13)14/h6H,3-5H2,1-2H3. The van der Waals surface area contributed by atoms with Crippen molar-refractivity contribution in [1.82, 2.24) is 4.98 Å². The lowest BCUT2D eigenvalue weighted by molar-refractivity contribution is 0.589. The summed E-state index contributed by atoms with van der Waals surface area (Å²) in [6.45, 7) is 0. The molecule has 7 heteroatoms. The number of hydrogen-bond acceptors (Lipinski definition) is 5. The average molecular weight is 281 g/mol. The average Bonchev–Trinajstić information content (AvgIpc) is 2.76. The lowest BCUT2D eigenvalue weighted by atomic mass is 10.2. The summed E-state index contributed by atoms with van der Waals surface area (Å²) in [5.74, 6) is 0. The molecule has 1 heterocycles. The van der Waals surface area contributed by atoms with Crippen LogP contribution in [-0.4, -0.2) is 32.2 Å². The molecule has 0 bridgehead atoms. The van der Waals surface area contributed by atoms with Crippen LogP contribution in [0, 0.1) is 0 Å². The van der Waals surface area contributed by atoms with Crippen LogP contribution in [0.15, 0.2) is 5.38 Å². The first-order chi connectivity index (χ1) is 7.34. The molecule has 0 radical (unpaired) electrons. The van der Waals surface area contributed by atoms with E-state index in [-0.39, 0.29) is 0 Å². The Balaban J connectivity index is 2.16. The molecule has 0 N–H and O–H groups in total. The quantitative estimate of drug-likeness (QED) is 0.790. The van der Waals surface area contributed by atoms with E-state index in [0.29, 0.717) is 19.3 Å². The van der Waals surface area contributed by atoms with Crippen molar-refractivity contribution in [2.75, 3.05) is 19.0 Å². The van der Waals surface area contributed by atoms with Gasteiger partial charge < -0.3 is 4.90 Å². The summed E-state index contributed by atoms with van der Waals surface area (Å²) in [4.78, 5) is 6.28. The first-order valence-electron chi connectivity index (χ1n) is 4.90. The van der Waals surface area contributed by atoms with E-state index in [9.17, 15) is 8.42 Å². The van der Waals surface area contributed by atoms with Gasteiger partial charge in [0.15, 0.2) is 5.13 Å². The van der Waals surface area contributed by atoms with Gasteiger partial charge in [0.25, 0.3) is 0 Å². The zero-order chi connectivity index (χ0) is 12.0. The molecule has 0 spiro atoms. The van der Waals surface area contributed by atoms with Gasteiger partial charge in [-0.2, -0.15) is 0 Å². The van der Waals surface area contributed by atoms with Gasteiger partial charge in [-0.25, -0.2) is 13.4 Å². The van der Waals surface area contributed by atoms with Crippen LogP contribution in [0.3, 0.4) is 0 Å². The number of halogens is 1. The molecular weight excluding hydrogens is 268 g/mol. The van der Waals surface area contributed by atoms with E-state index in [1.165, 1.54) is 11.3 Å². The molecule has 0 saturated heterocycles. The molecule has 1 aliphatic carbocycles. The van der Waals surface area contributed by atoms with E-state index in [1.54, 1.807) is 0 Å². The zero-order valence-corrected chi connectivity index (χ0v) is 11.5. The van der Waals surface area contributed by atoms with Crippen molar-refractivity contribution in [3.63, 3.8) is 0 Å². The Morgan fingerprint density at radius 3 is 2.56 bits per heavy atom. The topological polar surface area (TPSA) is 50.3 Å². The third kappa shape index (κ3) is 2.19. The van der Waals surface area contributed by atoms with Crippen LogP contribution in [0.1, 0.15) is 18.5 Å². The summed E-state index contributed by atoms with van der Waals surface area (Å²) < 4.78 is 22.0. The molecule has 1 aromatic rings. The summed E-state index contributed by atoms with van der Waals surface area (Å²) in [5, 5.41) is 2.79. The number of anilines is 1. The summed E-state index contributed by atoms with van der Waals surface area (Å²) in [7, 11) is 5.79. The highest BCUT2D eigenvalue weighted by Crippen LogP contribution is 2.48. The molecule has 90 valence electrons. The smallest absolute Gasteiger partial charge is 0.238 e. The van der Waals surface area contributed by atoms with E-state index in [0.717, 1.165) is 10.8 Å². The Hall–Kier alpha value is -0.330. The van der Waals surface area contributed by atoms with Crippen LogP contribution >= 0.6 is 22.0 Å². The van der Waals surface area contributed by atoms with Gasteiger partial charge in [-0.3, -0.25) is 0 Å². The van der Waals surface area contributed by atoms with E-state index >= 15 is 0 Å². The van der Waals surface area contributed by atoms with Crippen LogP contribution in [0.2, 0.25) is 0 Å². The van der Waals surface area contributed by atoms with E-state index in [1.807, 2.05) is 24.4 Å². The largest absolute Gasteiger partial charge is 0.354 e. The van der Waals surface area contributed by atoms with E-state index in [2.05, 4.69) is 4.98 Å². The van der Waals surface area contributed by atoms with Crippen molar-refractivity contribution in [1.29, 1.82) is 0 Å². The molecule has 0 aliphatic heterocycles. The first-order valence-corrected chi connectivity index (χ1v) is 8.09. The fraction of sp³-hybridized carbons (Fsp3) is 0.667. The van der Waals surface area contributed by atoms with Crippen LogP contribution in [0.5, 0.6) is 0 Å². The molecule has 1 saturated carbocycles. The third-order valence-corrected chi connectivity index (χ3v) is 6.38. The highest BCUT2D eigenvalue weighted by Gasteiger charge is 2.54. The fourth-order valence-electron chi connectivity index (χ4n) is 1.56. The normalized spacial score (nSPS) is 18.4. The lowest BCUT2D eigenvalue weighted by Gasteiger charge is -2.09. The maximum Gasteiger partial charge on any atom is 0.238 e. The number of aromatic nitrogens is 1. The summed E-state index contributed by atoms with van der Waals surface area (Å²) in [6, 6.07) is 0. The fourth-order valence-corrected chi connectivity index (χ4v) is 3.85. The van der Waals surface area contributed by atoms with Crippen molar-refractivity contribution >= 4 is 36.2 Å². The second-order valence-electron chi connectivity index (χ2n) is 4.31. The summed E-state index contributed by atoms with van der Waals surface area (Å²) >= 11 is 1.51. The van der Waals surface area contributed by atoms with Gasteiger partial charge >= 0.3 is 0 Å². The molecule has 4 nitrogen and oxygen atoms in total. The van der Waals surface area contributed by atoms with E-state index < -0.39 is 13.8 Å². The minimum Gasteiger partial charge on any atom is -0.354 e. The Morgan fingerprint density at radius 1 is 1.56 bits per heavy atom. The van der Waals surface area contributed by atoms with Crippen molar-refractivity contribution in [3.05, 3.63) is 11.1 Å². The molecule has 0 amide bonds. The van der Waals surface area contributed by atoms with Gasteiger partial charge in [0.05, 0.1) is 10.4 Å². The van der Waals surface area contributed by atoms with Gasteiger partial charge in [0.2, 0.25) is 9.05 Å². The van der Waals surface area contributed by atoms with Gasteiger partial charge in [-0.05, 0) is 12.8 Å². The SMILES string of the molecule is CN(C)c1nc(CC2(S(=O)(=O)Cl)CC2)cs1. The number of rotatable bonds is 4.